The summed E-state index contributed by atoms with van der Waals surface area (Å²) in [7, 11) is -1.28. The largest absolute Gasteiger partial charge is 0.130 e. The fraction of sp³-hybridized carbons (Fsp3) is 0.385. The number of halogens is 1. The van der Waals surface area contributed by atoms with Crippen LogP contribution in [0.2, 0.25) is 19.6 Å². The summed E-state index contributed by atoms with van der Waals surface area (Å²) in [5, 5.41) is -0.0445. The van der Waals surface area contributed by atoms with E-state index >= 15 is 0 Å². The van der Waals surface area contributed by atoms with Gasteiger partial charge in [0.1, 0.15) is 13.5 Å². The van der Waals surface area contributed by atoms with Crippen molar-refractivity contribution in [2.45, 2.75) is 29.9 Å². The van der Waals surface area contributed by atoms with Gasteiger partial charge in [-0.2, -0.15) is 0 Å². The van der Waals surface area contributed by atoms with Gasteiger partial charge in [-0.1, -0.05) is 43.8 Å². The highest BCUT2D eigenvalue weighted by Crippen LogP contribution is 2.19. The molecule has 3 heteroatoms. The van der Waals surface area contributed by atoms with Gasteiger partial charge in [0, 0.05) is 10.6 Å². The van der Waals surface area contributed by atoms with E-state index in [9.17, 15) is 0 Å². The summed E-state index contributed by atoms with van der Waals surface area (Å²) in [6.07, 6.45) is 0. The van der Waals surface area contributed by atoms with Gasteiger partial charge >= 0.3 is 0 Å². The number of alkyl halides is 1. The number of hydrogen-bond acceptors (Lipinski definition) is 1. The van der Waals surface area contributed by atoms with E-state index < -0.39 is 8.07 Å². The zero-order valence-electron chi connectivity index (χ0n) is 9.96. The minimum atomic E-state index is -1.28. The van der Waals surface area contributed by atoms with Crippen molar-refractivity contribution < 1.29 is 0 Å². The van der Waals surface area contributed by atoms with Crippen LogP contribution in [-0.2, 0) is 0 Å². The Kier molecular flexibility index (Phi) is 5.47. The van der Waals surface area contributed by atoms with Crippen LogP contribution in [0.25, 0.3) is 0 Å². The molecule has 16 heavy (non-hydrogen) atoms. The van der Waals surface area contributed by atoms with E-state index in [2.05, 4.69) is 43.2 Å². The molecule has 0 saturated carbocycles. The predicted molar refractivity (Wildman–Crippen MR) is 77.9 cm³/mol. The van der Waals surface area contributed by atoms with Gasteiger partial charge in [-0.25, -0.2) is 0 Å². The summed E-state index contributed by atoms with van der Waals surface area (Å²) in [4.78, 5) is 1.25. The molecule has 0 radical (unpaired) electrons. The topological polar surface area (TPSA) is 0 Å². The van der Waals surface area contributed by atoms with E-state index in [1.54, 1.807) is 11.8 Å². The van der Waals surface area contributed by atoms with Crippen molar-refractivity contribution >= 4 is 31.4 Å². The zero-order valence-corrected chi connectivity index (χ0v) is 12.5. The van der Waals surface area contributed by atoms with Crippen LogP contribution in [-0.4, -0.2) is 19.2 Å². The first-order chi connectivity index (χ1) is 7.47. The molecule has 1 aromatic rings. The minimum absolute atomic E-state index is 0.0445. The molecule has 0 heterocycles. The van der Waals surface area contributed by atoms with E-state index in [0.29, 0.717) is 0 Å². The molecule has 0 aliphatic rings. The standard InChI is InChI=1S/C13H17ClSSi/c1-16(2,3)10-9-12(14)11-15-13-7-5-4-6-8-13/h4-8,12H,11H2,1-3H3. The van der Waals surface area contributed by atoms with Crippen molar-refractivity contribution in [1.82, 2.24) is 0 Å². The fourth-order valence-corrected chi connectivity index (χ4v) is 2.74. The van der Waals surface area contributed by atoms with Crippen molar-refractivity contribution in [2.75, 3.05) is 5.75 Å². The maximum atomic E-state index is 6.16. The highest BCUT2D eigenvalue weighted by Gasteiger charge is 2.09. The lowest BCUT2D eigenvalue weighted by atomic mass is 10.4. The maximum Gasteiger partial charge on any atom is 0.129 e. The molecule has 0 spiro atoms. The Bertz CT molecular complexity index is 372. The second-order valence-electron chi connectivity index (χ2n) is 4.61. The molecule has 0 N–H and O–H groups in total. The summed E-state index contributed by atoms with van der Waals surface area (Å²) in [5.74, 6) is 4.00. The first kappa shape index (κ1) is 13.7. The highest BCUT2D eigenvalue weighted by atomic mass is 35.5. The van der Waals surface area contributed by atoms with Gasteiger partial charge in [0.2, 0.25) is 0 Å². The smallest absolute Gasteiger partial charge is 0.129 e. The highest BCUT2D eigenvalue weighted by molar-refractivity contribution is 7.99. The van der Waals surface area contributed by atoms with E-state index in [1.165, 1.54) is 4.90 Å². The number of benzene rings is 1. The average molecular weight is 269 g/mol. The van der Waals surface area contributed by atoms with Crippen molar-refractivity contribution in [3.05, 3.63) is 30.3 Å². The lowest BCUT2D eigenvalue weighted by molar-refractivity contribution is 1.29. The quantitative estimate of drug-likeness (QED) is 0.342. The van der Waals surface area contributed by atoms with Gasteiger partial charge < -0.3 is 0 Å². The Morgan fingerprint density at radius 1 is 1.25 bits per heavy atom. The van der Waals surface area contributed by atoms with E-state index in [1.807, 2.05) is 18.2 Å². The molecule has 1 rings (SSSR count). The predicted octanol–water partition coefficient (Wildman–Crippen LogP) is 4.27. The third-order valence-electron chi connectivity index (χ3n) is 1.74. The molecule has 86 valence electrons. The summed E-state index contributed by atoms with van der Waals surface area (Å²) in [5.41, 5.74) is 3.30. The molecule has 0 bridgehead atoms. The van der Waals surface area contributed by atoms with Gasteiger partial charge in [0.05, 0.1) is 0 Å². The molecule has 0 saturated heterocycles. The Balaban J connectivity index is 2.41. The van der Waals surface area contributed by atoms with Gasteiger partial charge in [-0.3, -0.25) is 0 Å². The van der Waals surface area contributed by atoms with E-state index in [4.69, 9.17) is 11.6 Å². The monoisotopic (exact) mass is 268 g/mol. The molecule has 1 atom stereocenters. The third-order valence-corrected chi connectivity index (χ3v) is 4.19. The number of thioether (sulfide) groups is 1. The van der Waals surface area contributed by atoms with Gasteiger partial charge in [-0.05, 0) is 12.1 Å². The van der Waals surface area contributed by atoms with Crippen LogP contribution in [0.4, 0.5) is 0 Å². The average Bonchev–Trinajstić information content (AvgIpc) is 2.24. The first-order valence-corrected chi connectivity index (χ1v) is 10.2. The van der Waals surface area contributed by atoms with Gasteiger partial charge in [-0.15, -0.1) is 28.9 Å². The minimum Gasteiger partial charge on any atom is -0.130 e. The zero-order chi connectivity index (χ0) is 12.0. The number of rotatable bonds is 3. The fourth-order valence-electron chi connectivity index (χ4n) is 1.02. The Labute approximate surface area is 109 Å². The Hall–Kier alpha value is -0.363. The summed E-state index contributed by atoms with van der Waals surface area (Å²) in [6, 6.07) is 10.3. The molecule has 1 aromatic carbocycles. The first-order valence-electron chi connectivity index (χ1n) is 5.32. The van der Waals surface area contributed by atoms with Crippen LogP contribution in [0.3, 0.4) is 0 Å². The maximum absolute atomic E-state index is 6.16. The van der Waals surface area contributed by atoms with E-state index in [0.717, 1.165) is 5.75 Å². The van der Waals surface area contributed by atoms with E-state index in [-0.39, 0.29) is 5.38 Å². The Morgan fingerprint density at radius 2 is 1.88 bits per heavy atom. The molecular weight excluding hydrogens is 252 g/mol. The molecule has 0 amide bonds. The molecule has 1 unspecified atom stereocenters. The molecular formula is C13H17ClSSi. The van der Waals surface area contributed by atoms with Crippen molar-refractivity contribution in [3.63, 3.8) is 0 Å². The van der Waals surface area contributed by atoms with Crippen LogP contribution in [0.1, 0.15) is 0 Å². The lowest BCUT2D eigenvalue weighted by Gasteiger charge is -2.06. The van der Waals surface area contributed by atoms with Crippen molar-refractivity contribution in [1.29, 1.82) is 0 Å². The SMILES string of the molecule is C[Si](C)(C)C#CC(Cl)CSc1ccccc1. The number of hydrogen-bond donors (Lipinski definition) is 0. The Morgan fingerprint density at radius 3 is 2.44 bits per heavy atom. The molecule has 0 aromatic heterocycles. The second-order valence-corrected chi connectivity index (χ2v) is 11.0. The summed E-state index contributed by atoms with van der Waals surface area (Å²) in [6.45, 7) is 6.69. The van der Waals surface area contributed by atoms with Crippen molar-refractivity contribution in [2.24, 2.45) is 0 Å². The van der Waals surface area contributed by atoms with Crippen LogP contribution < -0.4 is 0 Å². The molecule has 0 aliphatic heterocycles. The second kappa shape index (κ2) is 6.39. The van der Waals surface area contributed by atoms with Crippen LogP contribution >= 0.6 is 23.4 Å². The molecule has 0 aliphatic carbocycles. The summed E-state index contributed by atoms with van der Waals surface area (Å²) >= 11 is 7.92. The summed E-state index contributed by atoms with van der Waals surface area (Å²) < 4.78 is 0. The third kappa shape index (κ3) is 6.27. The van der Waals surface area contributed by atoms with Crippen LogP contribution in [0.5, 0.6) is 0 Å². The molecule has 0 fully saturated rings. The van der Waals surface area contributed by atoms with Gasteiger partial charge in [0.25, 0.3) is 0 Å². The van der Waals surface area contributed by atoms with Crippen LogP contribution in [0.15, 0.2) is 35.2 Å². The normalized spacial score (nSPS) is 12.8. The lowest BCUT2D eigenvalue weighted by Crippen LogP contribution is -2.17. The van der Waals surface area contributed by atoms with Crippen molar-refractivity contribution in [3.8, 4) is 11.5 Å². The molecule has 0 nitrogen and oxygen atoms in total. The van der Waals surface area contributed by atoms with Crippen LogP contribution in [0, 0.1) is 11.5 Å². The van der Waals surface area contributed by atoms with Gasteiger partial charge in [0.15, 0.2) is 0 Å².